The summed E-state index contributed by atoms with van der Waals surface area (Å²) in [6.07, 6.45) is 3.21. The summed E-state index contributed by atoms with van der Waals surface area (Å²) in [5, 5.41) is 6.90. The summed E-state index contributed by atoms with van der Waals surface area (Å²) in [6.45, 7) is 1.84. The molecule has 1 spiro atoms. The molecule has 9 heteroatoms. The van der Waals surface area contributed by atoms with E-state index in [9.17, 15) is 9.59 Å². The Morgan fingerprint density at radius 2 is 2.16 bits per heavy atom. The Hall–Kier alpha value is -2.81. The van der Waals surface area contributed by atoms with E-state index in [0.29, 0.717) is 34.4 Å². The molecule has 2 aliphatic heterocycles. The zero-order valence-corrected chi connectivity index (χ0v) is 14.1. The summed E-state index contributed by atoms with van der Waals surface area (Å²) >= 11 is 1.71. The number of hydrogen-bond donors (Lipinski definition) is 3. The Labute approximate surface area is 146 Å². The summed E-state index contributed by atoms with van der Waals surface area (Å²) < 4.78 is 1.61. The fraction of sp³-hybridized carbons (Fsp3) is 0.250. The Morgan fingerprint density at radius 1 is 1.32 bits per heavy atom. The van der Waals surface area contributed by atoms with E-state index in [4.69, 9.17) is 0 Å². The summed E-state index contributed by atoms with van der Waals surface area (Å²) in [7, 11) is 0. The van der Waals surface area contributed by atoms with Gasteiger partial charge in [-0.3, -0.25) is 14.2 Å². The number of thioether (sulfide) groups is 1. The van der Waals surface area contributed by atoms with Crippen LogP contribution >= 0.6 is 11.8 Å². The molecule has 0 aromatic carbocycles. The molecular weight excluding hydrogens is 340 g/mol. The number of nitrogens with one attached hydrogen (secondary N) is 3. The zero-order valence-electron chi connectivity index (χ0n) is 13.3. The molecule has 0 radical (unpaired) electrons. The highest BCUT2D eigenvalue weighted by Gasteiger charge is 2.49. The van der Waals surface area contributed by atoms with Crippen LogP contribution in [-0.4, -0.2) is 36.9 Å². The Balaban J connectivity index is 1.68. The van der Waals surface area contributed by atoms with Crippen LogP contribution < -0.4 is 16.2 Å². The molecule has 8 nitrogen and oxygen atoms in total. The second-order valence-corrected chi connectivity index (χ2v) is 7.28. The molecule has 25 heavy (non-hydrogen) atoms. The number of hydrogen-bond acceptors (Lipinski definition) is 6. The van der Waals surface area contributed by atoms with Gasteiger partial charge in [-0.25, -0.2) is 9.97 Å². The van der Waals surface area contributed by atoms with Crippen molar-refractivity contribution in [1.82, 2.24) is 24.8 Å². The van der Waals surface area contributed by atoms with Gasteiger partial charge in [-0.15, -0.1) is 0 Å². The van der Waals surface area contributed by atoms with Crippen LogP contribution in [0.15, 0.2) is 29.5 Å². The predicted octanol–water partition coefficient (Wildman–Crippen LogP) is 1.31. The second-order valence-electron chi connectivity index (χ2n) is 6.30. The molecule has 0 unspecified atom stereocenters. The van der Waals surface area contributed by atoms with Crippen molar-refractivity contribution in [2.24, 2.45) is 0 Å². The largest absolute Gasteiger partial charge is 0.346 e. The van der Waals surface area contributed by atoms with Crippen molar-refractivity contribution in [3.8, 4) is 0 Å². The van der Waals surface area contributed by atoms with Crippen molar-refractivity contribution < 1.29 is 4.79 Å². The number of anilines is 2. The van der Waals surface area contributed by atoms with Gasteiger partial charge in [-0.05, 0) is 24.6 Å². The topological polar surface area (TPSA) is 105 Å². The van der Waals surface area contributed by atoms with Gasteiger partial charge in [-0.2, -0.15) is 11.8 Å². The number of amides is 1. The first-order valence-corrected chi connectivity index (χ1v) is 8.97. The molecule has 0 atom stereocenters. The van der Waals surface area contributed by atoms with Gasteiger partial charge in [0, 0.05) is 17.7 Å². The number of carbonyl (C=O) groups excluding carboxylic acids is 1. The number of carbonyl (C=O) groups is 1. The number of rotatable bonds is 2. The maximum Gasteiger partial charge on any atom is 0.276 e. The molecule has 3 N–H and O–H groups in total. The lowest BCUT2D eigenvalue weighted by molar-refractivity contribution is 0.0934. The van der Waals surface area contributed by atoms with Crippen LogP contribution in [-0.2, 0) is 5.66 Å². The molecule has 0 saturated carbocycles. The van der Waals surface area contributed by atoms with E-state index in [1.54, 1.807) is 28.6 Å². The average molecular weight is 354 g/mol. The lowest BCUT2D eigenvalue weighted by Gasteiger charge is -2.38. The number of fused-ring (bicyclic) bond motifs is 3. The summed E-state index contributed by atoms with van der Waals surface area (Å²) in [5.41, 5.74) is 1.49. The minimum Gasteiger partial charge on any atom is -0.346 e. The van der Waals surface area contributed by atoms with Crippen LogP contribution in [0.3, 0.4) is 0 Å². The Bertz CT molecular complexity index is 1100. The SMILES string of the molecule is Cc1cc(Nc2ncnc3[nH]ccc23)c(=O)n2c1C(=O)NC21CSC1. The first-order valence-electron chi connectivity index (χ1n) is 7.82. The number of aryl methyl sites for hydroxylation is 1. The Morgan fingerprint density at radius 3 is 2.92 bits per heavy atom. The summed E-state index contributed by atoms with van der Waals surface area (Å²) in [5.74, 6) is 1.77. The van der Waals surface area contributed by atoms with Gasteiger partial charge in [0.25, 0.3) is 11.5 Å². The van der Waals surface area contributed by atoms with Crippen molar-refractivity contribution in [3.05, 3.63) is 46.3 Å². The van der Waals surface area contributed by atoms with Gasteiger partial charge >= 0.3 is 0 Å². The molecule has 2 aliphatic rings. The van der Waals surface area contributed by atoms with E-state index in [2.05, 4.69) is 25.6 Å². The number of pyridine rings is 1. The van der Waals surface area contributed by atoms with E-state index in [-0.39, 0.29) is 11.5 Å². The molecule has 3 aromatic heterocycles. The standard InChI is InChI=1S/C16H14N6O2S/c1-8-4-10(20-13-9-2-3-17-12(9)18-7-19-13)15(24)22-11(8)14(23)21-16(22)5-25-6-16/h2-4,7H,5-6H2,1H3,(H,21,23)(H2,17,18,19,20). The average Bonchev–Trinajstić information content (AvgIpc) is 3.15. The quantitative estimate of drug-likeness (QED) is 0.641. The number of nitrogens with zero attached hydrogens (tertiary/aromatic N) is 3. The normalized spacial score (nSPS) is 17.4. The lowest BCUT2D eigenvalue weighted by atomic mass is 10.1. The first-order chi connectivity index (χ1) is 12.1. The molecule has 1 amide bonds. The fourth-order valence-electron chi connectivity index (χ4n) is 3.45. The van der Waals surface area contributed by atoms with Crippen molar-refractivity contribution in [3.63, 3.8) is 0 Å². The highest BCUT2D eigenvalue weighted by molar-refractivity contribution is 8.00. The molecule has 0 aliphatic carbocycles. The third-order valence-corrected chi connectivity index (χ3v) is 6.03. The minimum atomic E-state index is -0.592. The van der Waals surface area contributed by atoms with Crippen LogP contribution in [0, 0.1) is 6.92 Å². The van der Waals surface area contributed by atoms with E-state index >= 15 is 0 Å². The number of aromatic amines is 1. The summed E-state index contributed by atoms with van der Waals surface area (Å²) in [4.78, 5) is 36.8. The molecule has 1 saturated heterocycles. The van der Waals surface area contributed by atoms with E-state index in [1.807, 2.05) is 13.0 Å². The molecule has 0 bridgehead atoms. The second kappa shape index (κ2) is 4.85. The summed E-state index contributed by atoms with van der Waals surface area (Å²) in [6, 6.07) is 3.56. The highest BCUT2D eigenvalue weighted by Crippen LogP contribution is 2.38. The number of aromatic nitrogens is 4. The zero-order chi connectivity index (χ0) is 17.2. The van der Waals surface area contributed by atoms with Crippen molar-refractivity contribution in [2.75, 3.05) is 16.8 Å². The smallest absolute Gasteiger partial charge is 0.276 e. The highest BCUT2D eigenvalue weighted by atomic mass is 32.2. The van der Waals surface area contributed by atoms with Crippen molar-refractivity contribution in [2.45, 2.75) is 12.6 Å². The van der Waals surface area contributed by atoms with Gasteiger partial charge in [0.1, 0.15) is 34.8 Å². The van der Waals surface area contributed by atoms with Gasteiger partial charge in [0.15, 0.2) is 0 Å². The van der Waals surface area contributed by atoms with Crippen molar-refractivity contribution >= 4 is 40.2 Å². The molecule has 3 aromatic rings. The van der Waals surface area contributed by atoms with Crippen LogP contribution in [0.4, 0.5) is 11.5 Å². The predicted molar refractivity (Wildman–Crippen MR) is 95.4 cm³/mol. The number of H-pyrrole nitrogens is 1. The van der Waals surface area contributed by atoms with Crippen LogP contribution in [0.5, 0.6) is 0 Å². The fourth-order valence-corrected chi connectivity index (χ4v) is 4.44. The third kappa shape index (κ3) is 1.89. The van der Waals surface area contributed by atoms with Crippen LogP contribution in [0.25, 0.3) is 11.0 Å². The monoisotopic (exact) mass is 354 g/mol. The molecular formula is C16H14N6O2S. The molecule has 126 valence electrons. The van der Waals surface area contributed by atoms with Crippen molar-refractivity contribution in [1.29, 1.82) is 0 Å². The maximum atomic E-state index is 13.1. The van der Waals surface area contributed by atoms with Gasteiger partial charge in [0.05, 0.1) is 5.39 Å². The van der Waals surface area contributed by atoms with E-state index in [0.717, 1.165) is 10.9 Å². The molecule has 1 fully saturated rings. The lowest BCUT2D eigenvalue weighted by Crippen LogP contribution is -2.57. The van der Waals surface area contributed by atoms with E-state index < -0.39 is 5.66 Å². The minimum absolute atomic E-state index is 0.184. The molecule has 5 rings (SSSR count). The van der Waals surface area contributed by atoms with Crippen LogP contribution in [0.2, 0.25) is 0 Å². The first kappa shape index (κ1) is 14.5. The van der Waals surface area contributed by atoms with Gasteiger partial charge < -0.3 is 15.6 Å². The third-order valence-electron chi connectivity index (χ3n) is 4.67. The van der Waals surface area contributed by atoms with Gasteiger partial charge in [0.2, 0.25) is 0 Å². The van der Waals surface area contributed by atoms with E-state index in [1.165, 1.54) is 6.33 Å². The molecule has 5 heterocycles. The maximum absolute atomic E-state index is 13.1. The van der Waals surface area contributed by atoms with Crippen LogP contribution in [0.1, 0.15) is 16.1 Å². The Kier molecular flexibility index (Phi) is 2.82. The van der Waals surface area contributed by atoms with Gasteiger partial charge in [-0.1, -0.05) is 0 Å².